The molecule has 0 radical (unpaired) electrons. The molecule has 0 aromatic heterocycles. The first kappa shape index (κ1) is 27.9. The number of benzene rings is 2. The monoisotopic (exact) mass is 552 g/mol. The van der Waals surface area contributed by atoms with Crippen molar-refractivity contribution in [2.45, 2.75) is 46.4 Å². The van der Waals surface area contributed by atoms with E-state index in [4.69, 9.17) is 4.74 Å². The van der Waals surface area contributed by atoms with Crippen molar-refractivity contribution in [3.63, 3.8) is 0 Å². The lowest BCUT2D eigenvalue weighted by Crippen LogP contribution is -2.40. The molecule has 6 nitrogen and oxygen atoms in total. The number of nitrogens with one attached hydrogen (secondary N) is 3. The van der Waals surface area contributed by atoms with Crippen LogP contribution in [0.3, 0.4) is 0 Å². The van der Waals surface area contributed by atoms with Gasteiger partial charge in [-0.3, -0.25) is 9.79 Å². The number of amides is 1. The minimum absolute atomic E-state index is 0. The Balaban J connectivity index is 0.00000512. The topological polar surface area (TPSA) is 74.8 Å². The molecule has 0 saturated carbocycles. The van der Waals surface area contributed by atoms with Crippen molar-refractivity contribution in [3.05, 3.63) is 71.3 Å². The molecule has 0 spiro atoms. The molecule has 3 N–H and O–H groups in total. The van der Waals surface area contributed by atoms with Gasteiger partial charge in [-0.05, 0) is 49.9 Å². The van der Waals surface area contributed by atoms with Crippen molar-refractivity contribution >= 4 is 35.8 Å². The summed E-state index contributed by atoms with van der Waals surface area (Å²) in [6.45, 7) is 10.7. The SMILES string of the molecule is CN=C(NCc1cccc(C(=O)NC(C)(C)C)c1)NCC(C)COCc1ccccc1.I. The Morgan fingerprint density at radius 2 is 1.72 bits per heavy atom. The number of hydrogen-bond acceptors (Lipinski definition) is 3. The summed E-state index contributed by atoms with van der Waals surface area (Å²) in [5, 5.41) is 9.63. The Morgan fingerprint density at radius 3 is 2.38 bits per heavy atom. The molecule has 1 atom stereocenters. The molecule has 0 saturated heterocycles. The summed E-state index contributed by atoms with van der Waals surface area (Å²) in [5.41, 5.74) is 2.59. The summed E-state index contributed by atoms with van der Waals surface area (Å²) >= 11 is 0. The van der Waals surface area contributed by atoms with Gasteiger partial charge in [-0.25, -0.2) is 0 Å². The predicted octanol–water partition coefficient (Wildman–Crippen LogP) is 4.35. The zero-order valence-corrected chi connectivity index (χ0v) is 22.1. The lowest BCUT2D eigenvalue weighted by atomic mass is 10.1. The fourth-order valence-electron chi connectivity index (χ4n) is 2.92. The highest BCUT2D eigenvalue weighted by Gasteiger charge is 2.15. The quantitative estimate of drug-likeness (QED) is 0.246. The van der Waals surface area contributed by atoms with E-state index >= 15 is 0 Å². The van der Waals surface area contributed by atoms with Crippen LogP contribution in [0.1, 0.15) is 49.2 Å². The molecule has 0 fully saturated rings. The largest absolute Gasteiger partial charge is 0.376 e. The third-order valence-corrected chi connectivity index (χ3v) is 4.49. The minimum atomic E-state index is -0.265. The second-order valence-electron chi connectivity index (χ2n) is 8.82. The number of hydrogen-bond donors (Lipinski definition) is 3. The van der Waals surface area contributed by atoms with E-state index in [1.54, 1.807) is 7.05 Å². The molecule has 0 bridgehead atoms. The summed E-state index contributed by atoms with van der Waals surface area (Å²) in [6, 6.07) is 17.8. The van der Waals surface area contributed by atoms with Gasteiger partial charge in [0.25, 0.3) is 5.91 Å². The van der Waals surface area contributed by atoms with Crippen molar-refractivity contribution in [1.29, 1.82) is 0 Å². The molecule has 0 heterocycles. The van der Waals surface area contributed by atoms with Crippen LogP contribution in [0, 0.1) is 5.92 Å². The Morgan fingerprint density at radius 1 is 1.03 bits per heavy atom. The van der Waals surface area contributed by atoms with E-state index < -0.39 is 0 Å². The van der Waals surface area contributed by atoms with Crippen LogP contribution in [-0.4, -0.2) is 37.6 Å². The Hall–Kier alpha value is -2.13. The molecule has 1 unspecified atom stereocenters. The highest BCUT2D eigenvalue weighted by Crippen LogP contribution is 2.08. The van der Waals surface area contributed by atoms with Crippen LogP contribution in [0.4, 0.5) is 0 Å². The van der Waals surface area contributed by atoms with Crippen LogP contribution in [-0.2, 0) is 17.9 Å². The summed E-state index contributed by atoms with van der Waals surface area (Å²) in [5.74, 6) is 0.993. The van der Waals surface area contributed by atoms with E-state index in [2.05, 4.69) is 40.0 Å². The molecule has 176 valence electrons. The highest BCUT2D eigenvalue weighted by atomic mass is 127. The summed E-state index contributed by atoms with van der Waals surface area (Å²) in [4.78, 5) is 16.7. The smallest absolute Gasteiger partial charge is 0.251 e. The summed E-state index contributed by atoms with van der Waals surface area (Å²) < 4.78 is 5.81. The lowest BCUT2D eigenvalue weighted by Gasteiger charge is -2.20. The number of carbonyl (C=O) groups excluding carboxylic acids is 1. The number of nitrogens with zero attached hydrogens (tertiary/aromatic N) is 1. The van der Waals surface area contributed by atoms with Crippen molar-refractivity contribution in [2.75, 3.05) is 20.2 Å². The number of guanidine groups is 1. The number of aliphatic imine (C=N–C) groups is 1. The van der Waals surface area contributed by atoms with Crippen LogP contribution < -0.4 is 16.0 Å². The zero-order valence-electron chi connectivity index (χ0n) is 19.8. The maximum atomic E-state index is 12.4. The number of ether oxygens (including phenoxy) is 1. The lowest BCUT2D eigenvalue weighted by molar-refractivity contribution is 0.0919. The molecule has 32 heavy (non-hydrogen) atoms. The summed E-state index contributed by atoms with van der Waals surface area (Å²) in [7, 11) is 1.75. The molecule has 0 aliphatic rings. The van der Waals surface area contributed by atoms with Gasteiger partial charge >= 0.3 is 0 Å². The van der Waals surface area contributed by atoms with E-state index in [0.29, 0.717) is 31.2 Å². The first-order valence-electron chi connectivity index (χ1n) is 10.7. The molecular formula is C25H37IN4O2. The predicted molar refractivity (Wildman–Crippen MR) is 143 cm³/mol. The molecule has 0 aliphatic heterocycles. The van der Waals surface area contributed by atoms with E-state index in [0.717, 1.165) is 18.1 Å². The number of carbonyl (C=O) groups is 1. The van der Waals surface area contributed by atoms with Crippen LogP contribution in [0.25, 0.3) is 0 Å². The van der Waals surface area contributed by atoms with E-state index in [-0.39, 0.29) is 35.4 Å². The standard InChI is InChI=1S/C25H36N4O2.HI/c1-19(17-31-18-20-10-7-6-8-11-20)15-27-24(26-5)28-16-21-12-9-13-22(14-21)23(30)29-25(2,3)4;/h6-14,19H,15-18H2,1-5H3,(H,29,30)(H2,26,27,28);1H. The molecule has 2 aromatic carbocycles. The maximum absolute atomic E-state index is 12.4. The Bertz CT molecular complexity index is 851. The zero-order chi connectivity index (χ0) is 22.7. The van der Waals surface area contributed by atoms with E-state index in [1.807, 2.05) is 63.2 Å². The maximum Gasteiger partial charge on any atom is 0.251 e. The minimum Gasteiger partial charge on any atom is -0.376 e. The van der Waals surface area contributed by atoms with Crippen molar-refractivity contribution in [2.24, 2.45) is 10.9 Å². The molecule has 2 rings (SSSR count). The number of rotatable bonds is 9. The highest BCUT2D eigenvalue weighted by molar-refractivity contribution is 14.0. The van der Waals surface area contributed by atoms with Gasteiger partial charge < -0.3 is 20.7 Å². The second-order valence-corrected chi connectivity index (χ2v) is 8.82. The van der Waals surface area contributed by atoms with E-state index in [9.17, 15) is 4.79 Å². The van der Waals surface area contributed by atoms with Gasteiger partial charge in [0.2, 0.25) is 0 Å². The molecular weight excluding hydrogens is 515 g/mol. The van der Waals surface area contributed by atoms with Gasteiger partial charge in [-0.2, -0.15) is 0 Å². The van der Waals surface area contributed by atoms with Crippen molar-refractivity contribution in [1.82, 2.24) is 16.0 Å². The van der Waals surface area contributed by atoms with Crippen LogP contribution in [0.2, 0.25) is 0 Å². The van der Waals surface area contributed by atoms with Crippen LogP contribution >= 0.6 is 24.0 Å². The van der Waals surface area contributed by atoms with Gasteiger partial charge in [0.15, 0.2) is 5.96 Å². The Labute approximate surface area is 209 Å². The van der Waals surface area contributed by atoms with Gasteiger partial charge in [0.05, 0.1) is 13.2 Å². The molecule has 1 amide bonds. The summed E-state index contributed by atoms with van der Waals surface area (Å²) in [6.07, 6.45) is 0. The van der Waals surface area contributed by atoms with Gasteiger partial charge in [-0.15, -0.1) is 24.0 Å². The van der Waals surface area contributed by atoms with Crippen molar-refractivity contribution < 1.29 is 9.53 Å². The molecule has 2 aromatic rings. The molecule has 0 aliphatic carbocycles. The number of halogens is 1. The first-order chi connectivity index (χ1) is 14.8. The van der Waals surface area contributed by atoms with E-state index in [1.165, 1.54) is 5.56 Å². The fraction of sp³-hybridized carbons (Fsp3) is 0.440. The van der Waals surface area contributed by atoms with Crippen molar-refractivity contribution in [3.8, 4) is 0 Å². The normalized spacial score (nSPS) is 12.5. The van der Waals surface area contributed by atoms with Crippen LogP contribution in [0.15, 0.2) is 59.6 Å². The Kier molecular flexibility index (Phi) is 12.3. The third-order valence-electron chi connectivity index (χ3n) is 4.49. The average Bonchev–Trinajstić information content (AvgIpc) is 2.73. The van der Waals surface area contributed by atoms with Gasteiger partial charge in [-0.1, -0.05) is 49.4 Å². The first-order valence-corrected chi connectivity index (χ1v) is 10.7. The van der Waals surface area contributed by atoms with Gasteiger partial charge in [0.1, 0.15) is 0 Å². The molecule has 7 heteroatoms. The van der Waals surface area contributed by atoms with Gasteiger partial charge in [0, 0.05) is 31.2 Å². The fourth-order valence-corrected chi connectivity index (χ4v) is 2.92. The van der Waals surface area contributed by atoms with Crippen LogP contribution in [0.5, 0.6) is 0 Å². The second kappa shape index (κ2) is 14.1. The average molecular weight is 553 g/mol. The third kappa shape index (κ3) is 10.9.